The van der Waals surface area contributed by atoms with Gasteiger partial charge in [-0.15, -0.1) is 0 Å². The molecule has 0 bridgehead atoms. The van der Waals surface area contributed by atoms with Crippen LogP contribution in [0.3, 0.4) is 0 Å². The third kappa shape index (κ3) is 7.33. The summed E-state index contributed by atoms with van der Waals surface area (Å²) in [6, 6.07) is 0. The lowest BCUT2D eigenvalue weighted by Crippen LogP contribution is -2.01. The van der Waals surface area contributed by atoms with E-state index >= 15 is 0 Å². The molecule has 0 amide bonds. The SMILES string of the molecule is CC(CO)SSSC(C)CO. The third-order valence-electron chi connectivity index (χ3n) is 0.921. The summed E-state index contributed by atoms with van der Waals surface area (Å²) >= 11 is 0. The maximum Gasteiger partial charge on any atom is 0.0556 e. The largest absolute Gasteiger partial charge is 0.395 e. The van der Waals surface area contributed by atoms with Gasteiger partial charge in [0.05, 0.1) is 13.2 Å². The zero-order valence-corrected chi connectivity index (χ0v) is 9.14. The van der Waals surface area contributed by atoms with Gasteiger partial charge in [-0.1, -0.05) is 35.4 Å². The maximum atomic E-state index is 8.66. The van der Waals surface area contributed by atoms with Crippen molar-refractivity contribution in [2.45, 2.75) is 24.3 Å². The van der Waals surface area contributed by atoms with Gasteiger partial charge in [0.2, 0.25) is 0 Å². The highest BCUT2D eigenvalue weighted by Crippen LogP contribution is 2.39. The van der Waals surface area contributed by atoms with Gasteiger partial charge in [0, 0.05) is 10.5 Å². The van der Waals surface area contributed by atoms with E-state index < -0.39 is 0 Å². The molecule has 0 aromatic carbocycles. The minimum absolute atomic E-state index is 0.214. The second kappa shape index (κ2) is 7.61. The summed E-state index contributed by atoms with van der Waals surface area (Å²) in [4.78, 5) is 0. The van der Waals surface area contributed by atoms with Gasteiger partial charge in [-0.25, -0.2) is 0 Å². The molecule has 2 unspecified atom stereocenters. The molecule has 2 nitrogen and oxygen atoms in total. The van der Waals surface area contributed by atoms with Gasteiger partial charge in [-0.05, 0) is 9.83 Å². The van der Waals surface area contributed by atoms with Gasteiger partial charge in [0.25, 0.3) is 0 Å². The predicted molar refractivity (Wildman–Crippen MR) is 55.9 cm³/mol. The van der Waals surface area contributed by atoms with E-state index in [9.17, 15) is 0 Å². The van der Waals surface area contributed by atoms with E-state index in [0.717, 1.165) is 0 Å². The smallest absolute Gasteiger partial charge is 0.0556 e. The van der Waals surface area contributed by atoms with Crippen LogP contribution in [0.1, 0.15) is 13.8 Å². The van der Waals surface area contributed by atoms with Crippen LogP contribution in [0.2, 0.25) is 0 Å². The van der Waals surface area contributed by atoms with E-state index in [1.54, 1.807) is 31.4 Å². The van der Waals surface area contributed by atoms with Crippen molar-refractivity contribution in [1.29, 1.82) is 0 Å². The van der Waals surface area contributed by atoms with E-state index in [2.05, 4.69) is 0 Å². The summed E-state index contributed by atoms with van der Waals surface area (Å²) in [6.07, 6.45) is 0. The van der Waals surface area contributed by atoms with Gasteiger partial charge in [0.1, 0.15) is 0 Å². The van der Waals surface area contributed by atoms with Crippen molar-refractivity contribution in [2.75, 3.05) is 13.2 Å². The number of rotatable bonds is 6. The predicted octanol–water partition coefficient (Wildman–Crippen LogP) is 1.78. The Morgan fingerprint density at radius 3 is 1.64 bits per heavy atom. The molecule has 0 aliphatic heterocycles. The summed E-state index contributed by atoms with van der Waals surface area (Å²) < 4.78 is 0. The van der Waals surface area contributed by atoms with Crippen molar-refractivity contribution in [1.82, 2.24) is 0 Å². The second-order valence-electron chi connectivity index (χ2n) is 2.25. The Labute approximate surface area is 79.3 Å². The molecule has 2 N–H and O–H groups in total. The first-order valence-corrected chi connectivity index (χ1v) is 7.02. The highest BCUT2D eigenvalue weighted by Gasteiger charge is 2.04. The van der Waals surface area contributed by atoms with Crippen LogP contribution in [-0.4, -0.2) is 33.9 Å². The lowest BCUT2D eigenvalue weighted by molar-refractivity contribution is 0.300. The van der Waals surface area contributed by atoms with Crippen molar-refractivity contribution in [2.24, 2.45) is 0 Å². The molecule has 0 fully saturated rings. The minimum atomic E-state index is 0.214. The summed E-state index contributed by atoms with van der Waals surface area (Å²) in [7, 11) is 4.91. The third-order valence-corrected chi connectivity index (χ3v) is 5.89. The molecule has 0 saturated carbocycles. The Balaban J connectivity index is 3.13. The first-order valence-electron chi connectivity index (χ1n) is 3.41. The van der Waals surface area contributed by atoms with Crippen LogP contribution in [-0.2, 0) is 0 Å². The van der Waals surface area contributed by atoms with Crippen LogP contribution < -0.4 is 0 Å². The molecule has 0 saturated heterocycles. The molecule has 2 atom stereocenters. The van der Waals surface area contributed by atoms with Crippen molar-refractivity contribution >= 4 is 31.4 Å². The fourth-order valence-corrected chi connectivity index (χ4v) is 4.78. The topological polar surface area (TPSA) is 40.5 Å². The van der Waals surface area contributed by atoms with Gasteiger partial charge < -0.3 is 10.2 Å². The number of hydrogen-bond donors (Lipinski definition) is 2. The number of aliphatic hydroxyl groups is 2. The first-order chi connectivity index (χ1) is 5.20. The molecule has 11 heavy (non-hydrogen) atoms. The molecule has 0 aromatic heterocycles. The van der Waals surface area contributed by atoms with Gasteiger partial charge in [-0.3, -0.25) is 0 Å². The van der Waals surface area contributed by atoms with E-state index in [1.165, 1.54) is 0 Å². The summed E-state index contributed by atoms with van der Waals surface area (Å²) in [5, 5.41) is 17.9. The Morgan fingerprint density at radius 1 is 1.00 bits per heavy atom. The maximum absolute atomic E-state index is 8.66. The van der Waals surface area contributed by atoms with Crippen LogP contribution in [0.15, 0.2) is 0 Å². The lowest BCUT2D eigenvalue weighted by atomic mass is 10.5. The van der Waals surface area contributed by atoms with Crippen molar-refractivity contribution in [3.8, 4) is 0 Å². The first kappa shape index (κ1) is 12.0. The Hall–Kier alpha value is 0.970. The van der Waals surface area contributed by atoms with Crippen LogP contribution >= 0.6 is 31.4 Å². The average Bonchev–Trinajstić information content (AvgIpc) is 2.04. The van der Waals surface area contributed by atoms with Crippen LogP contribution in [0.25, 0.3) is 0 Å². The highest BCUT2D eigenvalue weighted by molar-refractivity contribution is 9.09. The normalized spacial score (nSPS) is 16.4. The van der Waals surface area contributed by atoms with E-state index in [4.69, 9.17) is 10.2 Å². The molecular formula is C6H14O2S3. The minimum Gasteiger partial charge on any atom is -0.395 e. The Bertz CT molecular complexity index is 81.9. The molecule has 0 aliphatic carbocycles. The number of aliphatic hydroxyl groups excluding tert-OH is 2. The Morgan fingerprint density at radius 2 is 1.36 bits per heavy atom. The molecule has 0 aromatic rings. The summed E-state index contributed by atoms with van der Waals surface area (Å²) in [5.74, 6) is 0. The molecular weight excluding hydrogens is 200 g/mol. The van der Waals surface area contributed by atoms with Crippen LogP contribution in [0, 0.1) is 0 Å². The zero-order chi connectivity index (χ0) is 8.69. The fraction of sp³-hybridized carbons (Fsp3) is 1.00. The van der Waals surface area contributed by atoms with E-state index in [1.807, 2.05) is 13.8 Å². The zero-order valence-electron chi connectivity index (χ0n) is 6.69. The van der Waals surface area contributed by atoms with Crippen molar-refractivity contribution in [3.63, 3.8) is 0 Å². The van der Waals surface area contributed by atoms with Gasteiger partial charge in [-0.2, -0.15) is 0 Å². The lowest BCUT2D eigenvalue weighted by Gasteiger charge is -2.08. The van der Waals surface area contributed by atoms with Crippen LogP contribution in [0.5, 0.6) is 0 Å². The fourth-order valence-electron chi connectivity index (χ4n) is 0.218. The molecule has 68 valence electrons. The van der Waals surface area contributed by atoms with Crippen molar-refractivity contribution in [3.05, 3.63) is 0 Å². The molecule has 0 aliphatic rings. The van der Waals surface area contributed by atoms with E-state index in [0.29, 0.717) is 0 Å². The second-order valence-corrected chi connectivity index (χ2v) is 7.17. The molecule has 5 heteroatoms. The molecule has 0 rings (SSSR count). The Kier molecular flexibility index (Phi) is 8.28. The van der Waals surface area contributed by atoms with Crippen molar-refractivity contribution < 1.29 is 10.2 Å². The monoisotopic (exact) mass is 214 g/mol. The van der Waals surface area contributed by atoms with Gasteiger partial charge in [0.15, 0.2) is 0 Å². The standard InChI is InChI=1S/C6H14O2S3/c1-5(3-7)9-11-10-6(2)4-8/h5-8H,3-4H2,1-2H3. The molecule has 0 spiro atoms. The van der Waals surface area contributed by atoms with E-state index in [-0.39, 0.29) is 23.7 Å². The average molecular weight is 214 g/mol. The summed E-state index contributed by atoms with van der Waals surface area (Å²) in [5.41, 5.74) is 0. The molecule has 0 radical (unpaired) electrons. The quantitative estimate of drug-likeness (QED) is 0.660. The highest BCUT2D eigenvalue weighted by atomic mass is 33.5. The van der Waals surface area contributed by atoms with Gasteiger partial charge >= 0.3 is 0 Å². The summed E-state index contributed by atoms with van der Waals surface area (Å²) in [6.45, 7) is 4.38. The molecule has 0 heterocycles. The van der Waals surface area contributed by atoms with Crippen LogP contribution in [0.4, 0.5) is 0 Å². The number of hydrogen-bond acceptors (Lipinski definition) is 5.